The van der Waals surface area contributed by atoms with Crippen LogP contribution in [0.5, 0.6) is 11.5 Å². The highest BCUT2D eigenvalue weighted by molar-refractivity contribution is 7.99. The van der Waals surface area contributed by atoms with Gasteiger partial charge in [-0.2, -0.15) is 0 Å². The van der Waals surface area contributed by atoms with Crippen LogP contribution in [0.1, 0.15) is 49.1 Å². The first-order valence-corrected chi connectivity index (χ1v) is 10.4. The van der Waals surface area contributed by atoms with Crippen molar-refractivity contribution in [2.75, 3.05) is 12.9 Å². The van der Waals surface area contributed by atoms with E-state index in [1.807, 2.05) is 66.1 Å². The van der Waals surface area contributed by atoms with E-state index in [4.69, 9.17) is 9.47 Å². The van der Waals surface area contributed by atoms with E-state index in [0.717, 1.165) is 11.6 Å². The summed E-state index contributed by atoms with van der Waals surface area (Å²) >= 11 is 1.39. The fraction of sp³-hybridized carbons (Fsp3) is 0.318. The maximum absolute atomic E-state index is 12.4. The van der Waals surface area contributed by atoms with Gasteiger partial charge < -0.3 is 14.0 Å². The van der Waals surface area contributed by atoms with Gasteiger partial charge in [-0.05, 0) is 32.9 Å². The monoisotopic (exact) mass is 411 g/mol. The molecule has 1 aromatic heterocycles. The molecule has 1 atom stereocenters. The molecule has 1 unspecified atom stereocenters. The van der Waals surface area contributed by atoms with Crippen molar-refractivity contribution in [1.29, 1.82) is 0 Å². The smallest absolute Gasteiger partial charge is 0.192 e. The first-order chi connectivity index (χ1) is 14.0. The highest BCUT2D eigenvalue weighted by Gasteiger charge is 2.22. The molecule has 29 heavy (non-hydrogen) atoms. The summed E-state index contributed by atoms with van der Waals surface area (Å²) in [5, 5.41) is 9.38. The number of nitrogens with zero attached hydrogens (tertiary/aromatic N) is 3. The second-order valence-electron chi connectivity index (χ2n) is 6.82. The number of rotatable bonds is 9. The number of Topliss-reactive ketones (excluding diaryl/α,β-unsaturated/α-hetero) is 1. The molecule has 0 spiro atoms. The molecule has 3 aromatic rings. The fourth-order valence-corrected chi connectivity index (χ4v) is 3.89. The molecular weight excluding hydrogens is 386 g/mol. The highest BCUT2D eigenvalue weighted by Crippen LogP contribution is 2.29. The lowest BCUT2D eigenvalue weighted by Gasteiger charge is -2.19. The van der Waals surface area contributed by atoms with E-state index in [1.165, 1.54) is 11.8 Å². The largest absolute Gasteiger partial charge is 0.497 e. The number of carbonyl (C=O) groups is 1. The molecule has 1 heterocycles. The predicted octanol–water partition coefficient (Wildman–Crippen LogP) is 4.98. The number of hydrogen-bond acceptors (Lipinski definition) is 6. The molecule has 6 nitrogen and oxygen atoms in total. The summed E-state index contributed by atoms with van der Waals surface area (Å²) in [7, 11) is 1.62. The fourth-order valence-electron chi connectivity index (χ4n) is 2.92. The summed E-state index contributed by atoms with van der Waals surface area (Å²) in [5.74, 6) is 2.52. The van der Waals surface area contributed by atoms with E-state index in [0.29, 0.717) is 22.2 Å². The molecule has 0 N–H and O–H groups in total. The molecule has 0 aliphatic heterocycles. The molecule has 0 saturated carbocycles. The summed E-state index contributed by atoms with van der Waals surface area (Å²) in [6.45, 7) is 6.06. The zero-order valence-corrected chi connectivity index (χ0v) is 17.8. The van der Waals surface area contributed by atoms with Gasteiger partial charge >= 0.3 is 0 Å². The van der Waals surface area contributed by atoms with Crippen LogP contribution < -0.4 is 9.47 Å². The van der Waals surface area contributed by atoms with E-state index in [1.54, 1.807) is 7.11 Å². The van der Waals surface area contributed by atoms with Crippen molar-refractivity contribution in [2.45, 2.75) is 38.1 Å². The highest BCUT2D eigenvalue weighted by atomic mass is 32.2. The summed E-state index contributed by atoms with van der Waals surface area (Å²) in [6, 6.07) is 16.9. The van der Waals surface area contributed by atoms with Gasteiger partial charge in [-0.1, -0.05) is 48.2 Å². The number of benzene rings is 2. The van der Waals surface area contributed by atoms with Crippen molar-refractivity contribution < 1.29 is 14.3 Å². The van der Waals surface area contributed by atoms with Crippen molar-refractivity contribution in [3.05, 3.63) is 66.0 Å². The zero-order chi connectivity index (χ0) is 20.8. The van der Waals surface area contributed by atoms with Gasteiger partial charge in [-0.25, -0.2) is 0 Å². The number of ether oxygens (including phenoxy) is 2. The lowest BCUT2D eigenvalue weighted by atomic mass is 10.2. The first-order valence-electron chi connectivity index (χ1n) is 9.46. The molecule has 7 heteroatoms. The van der Waals surface area contributed by atoms with Crippen molar-refractivity contribution >= 4 is 17.5 Å². The summed E-state index contributed by atoms with van der Waals surface area (Å²) in [4.78, 5) is 12.4. The normalized spacial score (nSPS) is 12.0. The van der Waals surface area contributed by atoms with E-state index >= 15 is 0 Å². The third-order valence-corrected chi connectivity index (χ3v) is 5.30. The second-order valence-corrected chi connectivity index (χ2v) is 7.76. The number of aromatic nitrogens is 3. The minimum absolute atomic E-state index is 0.0659. The molecule has 0 radical (unpaired) electrons. The average Bonchev–Trinajstić information content (AvgIpc) is 3.17. The zero-order valence-electron chi connectivity index (χ0n) is 17.0. The first kappa shape index (κ1) is 20.9. The van der Waals surface area contributed by atoms with Crippen LogP contribution in [0.3, 0.4) is 0 Å². The Labute approximate surface area is 175 Å². The number of ketones is 1. The lowest BCUT2D eigenvalue weighted by molar-refractivity contribution is 0.102. The molecule has 0 fully saturated rings. The van der Waals surface area contributed by atoms with Crippen molar-refractivity contribution in [1.82, 2.24) is 14.8 Å². The van der Waals surface area contributed by atoms with Gasteiger partial charge in [0.1, 0.15) is 11.5 Å². The van der Waals surface area contributed by atoms with Gasteiger partial charge in [0, 0.05) is 17.7 Å². The molecule has 2 aromatic carbocycles. The third kappa shape index (κ3) is 5.17. The number of carbonyl (C=O) groups excluding carboxylic acids is 1. The topological polar surface area (TPSA) is 66.2 Å². The maximum Gasteiger partial charge on any atom is 0.192 e. The van der Waals surface area contributed by atoms with Gasteiger partial charge in [0.2, 0.25) is 0 Å². The Morgan fingerprint density at radius 1 is 1.03 bits per heavy atom. The molecule has 0 bridgehead atoms. The SMILES string of the molecule is COc1cccc(OC(C)c2nnc(SCC(=O)c3ccccc3)n2C(C)C)c1. The minimum atomic E-state index is -0.309. The third-order valence-electron chi connectivity index (χ3n) is 4.35. The predicted molar refractivity (Wildman–Crippen MR) is 114 cm³/mol. The Balaban J connectivity index is 1.74. The molecule has 0 aliphatic rings. The van der Waals surface area contributed by atoms with Crippen molar-refractivity contribution in [3.8, 4) is 11.5 Å². The average molecular weight is 412 g/mol. The van der Waals surface area contributed by atoms with Crippen molar-refractivity contribution in [3.63, 3.8) is 0 Å². The quantitative estimate of drug-likeness (QED) is 0.365. The molecular formula is C22H25N3O3S. The van der Waals surface area contributed by atoms with Gasteiger partial charge in [-0.15, -0.1) is 10.2 Å². The molecule has 3 rings (SSSR count). The van der Waals surface area contributed by atoms with Gasteiger partial charge in [-0.3, -0.25) is 4.79 Å². The molecule has 0 saturated heterocycles. The van der Waals surface area contributed by atoms with Crippen LogP contribution in [0.25, 0.3) is 0 Å². The number of thioether (sulfide) groups is 1. The number of methoxy groups -OCH3 is 1. The van der Waals surface area contributed by atoms with E-state index < -0.39 is 0 Å². The van der Waals surface area contributed by atoms with Gasteiger partial charge in [0.15, 0.2) is 22.9 Å². The van der Waals surface area contributed by atoms with Crippen LogP contribution in [-0.4, -0.2) is 33.4 Å². The summed E-state index contributed by atoms with van der Waals surface area (Å²) in [6.07, 6.45) is -0.309. The summed E-state index contributed by atoms with van der Waals surface area (Å²) < 4.78 is 13.3. The van der Waals surface area contributed by atoms with E-state index in [9.17, 15) is 4.79 Å². The van der Waals surface area contributed by atoms with E-state index in [-0.39, 0.29) is 17.9 Å². The Morgan fingerprint density at radius 2 is 1.76 bits per heavy atom. The minimum Gasteiger partial charge on any atom is -0.497 e. The van der Waals surface area contributed by atoms with Gasteiger partial charge in [0.25, 0.3) is 0 Å². The van der Waals surface area contributed by atoms with Crippen LogP contribution in [0.4, 0.5) is 0 Å². The van der Waals surface area contributed by atoms with E-state index in [2.05, 4.69) is 24.0 Å². The maximum atomic E-state index is 12.4. The summed E-state index contributed by atoms with van der Waals surface area (Å²) in [5.41, 5.74) is 0.700. The van der Waals surface area contributed by atoms with Crippen LogP contribution in [-0.2, 0) is 0 Å². The standard InChI is InChI=1S/C22H25N3O3S/c1-15(2)25-21(16(3)28-19-12-8-11-18(13-19)27-4)23-24-22(25)29-14-20(26)17-9-6-5-7-10-17/h5-13,15-16H,14H2,1-4H3. The Bertz CT molecular complexity index is 957. The Morgan fingerprint density at radius 3 is 2.45 bits per heavy atom. The lowest BCUT2D eigenvalue weighted by Crippen LogP contribution is -2.14. The Hall–Kier alpha value is -2.80. The van der Waals surface area contributed by atoms with Crippen molar-refractivity contribution in [2.24, 2.45) is 0 Å². The van der Waals surface area contributed by atoms with Crippen LogP contribution >= 0.6 is 11.8 Å². The molecule has 0 aliphatic carbocycles. The second kappa shape index (κ2) is 9.60. The van der Waals surface area contributed by atoms with Crippen LogP contribution in [0.2, 0.25) is 0 Å². The number of hydrogen-bond donors (Lipinski definition) is 0. The van der Waals surface area contributed by atoms with Crippen LogP contribution in [0.15, 0.2) is 59.8 Å². The molecule has 152 valence electrons. The molecule has 0 amide bonds. The Kier molecular flexibility index (Phi) is 6.93. The van der Waals surface area contributed by atoms with Gasteiger partial charge in [0.05, 0.1) is 12.9 Å². The van der Waals surface area contributed by atoms with Crippen LogP contribution in [0, 0.1) is 0 Å².